The number of carbonyl (C=O) groups is 1. The monoisotopic (exact) mass is 434 g/mol. The average molecular weight is 435 g/mol. The van der Waals surface area contributed by atoms with Gasteiger partial charge in [-0.2, -0.15) is 0 Å². The molecule has 158 valence electrons. The first-order valence-electron chi connectivity index (χ1n) is 10.1. The topological polar surface area (TPSA) is 80.4 Å². The molecular weight excluding hydrogens is 411 g/mol. The van der Waals surface area contributed by atoms with Gasteiger partial charge in [-0.15, -0.1) is 0 Å². The van der Waals surface area contributed by atoms with Crippen LogP contribution in [0.4, 0.5) is 10.1 Å². The predicted octanol–water partition coefficient (Wildman–Crippen LogP) is 5.20. The maximum Gasteiger partial charge on any atom is 0.274 e. The number of hydrogen-bond donors (Lipinski definition) is 2. The molecule has 1 atom stereocenters. The van der Waals surface area contributed by atoms with Gasteiger partial charge in [0.1, 0.15) is 11.5 Å². The highest BCUT2D eigenvalue weighted by Crippen LogP contribution is 2.40. The highest BCUT2D eigenvalue weighted by molar-refractivity contribution is 8.13. The molecular formula is C24H23FN4OS. The number of amides is 1. The fourth-order valence-electron chi connectivity index (χ4n) is 3.85. The molecule has 3 N–H and O–H groups in total. The first kappa shape index (κ1) is 21.1. The molecule has 1 aliphatic heterocycles. The number of amidine groups is 1. The normalized spacial score (nSPS) is 18.3. The van der Waals surface area contributed by atoms with Crippen molar-refractivity contribution in [1.29, 1.82) is 0 Å². The number of halogens is 1. The largest absolute Gasteiger partial charge is 0.379 e. The summed E-state index contributed by atoms with van der Waals surface area (Å²) in [5, 5.41) is 3.34. The third kappa shape index (κ3) is 4.32. The van der Waals surface area contributed by atoms with Crippen molar-refractivity contribution in [3.8, 4) is 11.1 Å². The third-order valence-corrected chi connectivity index (χ3v) is 6.30. The van der Waals surface area contributed by atoms with Gasteiger partial charge in [-0.25, -0.2) is 4.39 Å². The summed E-state index contributed by atoms with van der Waals surface area (Å²) in [6, 6.07) is 17.8. The SMILES string of the molecule is CCC1(c2cc(NC(=O)c3ncccc3-c3ccccc3)ccc2F)CCSC(N)=N1. The van der Waals surface area contributed by atoms with E-state index in [1.54, 1.807) is 24.4 Å². The van der Waals surface area contributed by atoms with Crippen LogP contribution in [0.15, 0.2) is 71.9 Å². The Morgan fingerprint density at radius 2 is 2.00 bits per heavy atom. The highest BCUT2D eigenvalue weighted by Gasteiger charge is 2.35. The Labute approximate surface area is 185 Å². The fourth-order valence-corrected chi connectivity index (χ4v) is 4.74. The van der Waals surface area contributed by atoms with E-state index in [2.05, 4.69) is 15.3 Å². The number of nitrogens with one attached hydrogen (secondary N) is 1. The Morgan fingerprint density at radius 1 is 1.19 bits per heavy atom. The Kier molecular flexibility index (Phi) is 6.04. The van der Waals surface area contributed by atoms with E-state index in [0.717, 1.165) is 16.9 Å². The first-order valence-corrected chi connectivity index (χ1v) is 11.1. The lowest BCUT2D eigenvalue weighted by Gasteiger charge is -2.33. The number of nitrogens with zero attached hydrogens (tertiary/aromatic N) is 2. The van der Waals surface area contributed by atoms with Gasteiger partial charge in [0.2, 0.25) is 0 Å². The van der Waals surface area contributed by atoms with Crippen LogP contribution in [-0.2, 0) is 5.54 Å². The van der Waals surface area contributed by atoms with E-state index in [-0.39, 0.29) is 11.7 Å². The van der Waals surface area contributed by atoms with Crippen LogP contribution in [0.2, 0.25) is 0 Å². The zero-order chi connectivity index (χ0) is 21.8. The van der Waals surface area contributed by atoms with Gasteiger partial charge >= 0.3 is 0 Å². The minimum absolute atomic E-state index is 0.307. The quantitative estimate of drug-likeness (QED) is 0.579. The van der Waals surface area contributed by atoms with Crippen molar-refractivity contribution >= 4 is 28.5 Å². The first-order chi connectivity index (χ1) is 15.0. The minimum atomic E-state index is -0.722. The second-order valence-corrected chi connectivity index (χ2v) is 8.46. The van der Waals surface area contributed by atoms with E-state index in [9.17, 15) is 9.18 Å². The van der Waals surface area contributed by atoms with Crippen LogP contribution in [-0.4, -0.2) is 21.8 Å². The summed E-state index contributed by atoms with van der Waals surface area (Å²) in [5.74, 6) is 0.0593. The van der Waals surface area contributed by atoms with Crippen molar-refractivity contribution in [2.75, 3.05) is 11.1 Å². The fraction of sp³-hybridized carbons (Fsp3) is 0.208. The molecule has 5 nitrogen and oxygen atoms in total. The maximum atomic E-state index is 14.8. The number of aliphatic imine (C=N–C) groups is 1. The number of anilines is 1. The van der Waals surface area contributed by atoms with Crippen molar-refractivity contribution in [3.05, 3.63) is 83.9 Å². The molecule has 0 saturated heterocycles. The standard InChI is InChI=1S/C24H23FN4OS/c1-2-24(12-14-31-23(26)29-24)19-15-17(10-11-20(19)25)28-22(30)21-18(9-6-13-27-21)16-7-4-3-5-8-16/h3-11,13,15H,2,12,14H2,1H3,(H2,26,29)(H,28,30). The molecule has 7 heteroatoms. The van der Waals surface area contributed by atoms with E-state index >= 15 is 0 Å². The summed E-state index contributed by atoms with van der Waals surface area (Å²) >= 11 is 1.48. The molecule has 0 fully saturated rings. The zero-order valence-corrected chi connectivity index (χ0v) is 18.0. The van der Waals surface area contributed by atoms with Crippen molar-refractivity contribution in [2.24, 2.45) is 10.7 Å². The molecule has 0 saturated carbocycles. The van der Waals surface area contributed by atoms with E-state index < -0.39 is 5.54 Å². The van der Waals surface area contributed by atoms with Crippen LogP contribution in [0.5, 0.6) is 0 Å². The number of nitrogens with two attached hydrogens (primary N) is 1. The average Bonchev–Trinajstić information content (AvgIpc) is 2.80. The summed E-state index contributed by atoms with van der Waals surface area (Å²) < 4.78 is 14.8. The molecule has 1 aliphatic rings. The summed E-state index contributed by atoms with van der Waals surface area (Å²) in [6.45, 7) is 1.97. The summed E-state index contributed by atoms with van der Waals surface area (Å²) in [5.41, 5.74) is 8.10. The van der Waals surface area contributed by atoms with Crippen molar-refractivity contribution < 1.29 is 9.18 Å². The van der Waals surface area contributed by atoms with Gasteiger partial charge in [0.25, 0.3) is 5.91 Å². The number of rotatable bonds is 5. The molecule has 0 radical (unpaired) electrons. The van der Waals surface area contributed by atoms with E-state index in [1.807, 2.05) is 43.3 Å². The number of aromatic nitrogens is 1. The zero-order valence-electron chi connectivity index (χ0n) is 17.1. The lowest BCUT2D eigenvalue weighted by atomic mass is 9.84. The molecule has 0 bridgehead atoms. The maximum absolute atomic E-state index is 14.8. The van der Waals surface area contributed by atoms with Gasteiger partial charge in [0.05, 0.1) is 5.54 Å². The molecule has 0 aliphatic carbocycles. The number of carbonyl (C=O) groups excluding carboxylic acids is 1. The molecule has 1 aromatic heterocycles. The van der Waals surface area contributed by atoms with Gasteiger partial charge in [-0.1, -0.05) is 55.1 Å². The Balaban J connectivity index is 1.67. The predicted molar refractivity (Wildman–Crippen MR) is 125 cm³/mol. The van der Waals surface area contributed by atoms with Crippen molar-refractivity contribution in [1.82, 2.24) is 4.98 Å². The van der Waals surface area contributed by atoms with Gasteiger partial charge < -0.3 is 11.1 Å². The summed E-state index contributed by atoms with van der Waals surface area (Å²) in [4.78, 5) is 21.9. The molecule has 4 rings (SSSR count). The van der Waals surface area contributed by atoms with Crippen LogP contribution in [0.3, 0.4) is 0 Å². The van der Waals surface area contributed by atoms with E-state index in [4.69, 9.17) is 5.73 Å². The number of pyridine rings is 1. The molecule has 2 heterocycles. The van der Waals surface area contributed by atoms with E-state index in [0.29, 0.717) is 35.0 Å². The van der Waals surface area contributed by atoms with E-state index in [1.165, 1.54) is 17.8 Å². The van der Waals surface area contributed by atoms with Gasteiger partial charge in [-0.05, 0) is 42.7 Å². The Hall–Kier alpha value is -3.19. The summed E-state index contributed by atoms with van der Waals surface area (Å²) in [6.07, 6.45) is 2.88. The van der Waals surface area contributed by atoms with Gasteiger partial charge in [0, 0.05) is 28.8 Å². The minimum Gasteiger partial charge on any atom is -0.379 e. The third-order valence-electron chi connectivity index (χ3n) is 5.51. The van der Waals surface area contributed by atoms with Crippen LogP contribution >= 0.6 is 11.8 Å². The summed E-state index contributed by atoms with van der Waals surface area (Å²) in [7, 11) is 0. The Morgan fingerprint density at radius 3 is 2.74 bits per heavy atom. The lowest BCUT2D eigenvalue weighted by molar-refractivity contribution is 0.102. The Bertz CT molecular complexity index is 1140. The van der Waals surface area contributed by atoms with Crippen LogP contribution < -0.4 is 11.1 Å². The van der Waals surface area contributed by atoms with Crippen LogP contribution in [0.25, 0.3) is 11.1 Å². The molecule has 31 heavy (non-hydrogen) atoms. The lowest BCUT2D eigenvalue weighted by Crippen LogP contribution is -2.32. The van der Waals surface area contributed by atoms with Crippen LogP contribution in [0, 0.1) is 5.82 Å². The van der Waals surface area contributed by atoms with Crippen molar-refractivity contribution in [2.45, 2.75) is 25.3 Å². The molecule has 1 amide bonds. The molecule has 2 aromatic carbocycles. The van der Waals surface area contributed by atoms with Crippen molar-refractivity contribution in [3.63, 3.8) is 0 Å². The number of thioether (sulfide) groups is 1. The smallest absolute Gasteiger partial charge is 0.274 e. The van der Waals surface area contributed by atoms with Gasteiger partial charge in [0.15, 0.2) is 5.17 Å². The second-order valence-electron chi connectivity index (χ2n) is 7.35. The molecule has 1 unspecified atom stereocenters. The van der Waals surface area contributed by atoms with Gasteiger partial charge in [-0.3, -0.25) is 14.8 Å². The second kappa shape index (κ2) is 8.89. The number of benzene rings is 2. The number of hydrogen-bond acceptors (Lipinski definition) is 5. The highest BCUT2D eigenvalue weighted by atomic mass is 32.2. The molecule has 3 aromatic rings. The van der Waals surface area contributed by atoms with Crippen LogP contribution in [0.1, 0.15) is 35.8 Å². The molecule has 0 spiro atoms.